The van der Waals surface area contributed by atoms with E-state index >= 15 is 0 Å². The van der Waals surface area contributed by atoms with Crippen LogP contribution >= 0.6 is 11.8 Å². The van der Waals surface area contributed by atoms with Gasteiger partial charge in [-0.15, -0.1) is 11.8 Å². The molecule has 1 aromatic heterocycles. The molecule has 1 heterocycles. The van der Waals surface area contributed by atoms with Gasteiger partial charge in [0.25, 0.3) is 0 Å². The second-order valence-corrected chi connectivity index (χ2v) is 6.54. The van der Waals surface area contributed by atoms with Gasteiger partial charge in [-0.25, -0.2) is 0 Å². The standard InChI is InChI=1S/C16H19F3N6OS/c1-3-10(2)25-26-15-23-13(20)22-14(24-15)21-11-6-4-5-7-12(11)27-9-8-16(17,18)19/h4-7H,3,8-9H2,1-2H3,(H3,20,21,22,23,24)/b25-10-. The Bertz CT molecular complexity index is 800. The Kier molecular flexibility index (Phi) is 7.22. The highest BCUT2D eigenvalue weighted by molar-refractivity contribution is 7.99. The van der Waals surface area contributed by atoms with Crippen molar-refractivity contribution in [2.24, 2.45) is 5.16 Å². The first-order valence-electron chi connectivity index (χ1n) is 8.04. The maximum Gasteiger partial charge on any atom is 0.389 e. The molecule has 0 aliphatic carbocycles. The molecule has 0 saturated heterocycles. The van der Waals surface area contributed by atoms with Gasteiger partial charge in [0.15, 0.2) is 0 Å². The van der Waals surface area contributed by atoms with Crippen LogP contribution in [0.25, 0.3) is 0 Å². The highest BCUT2D eigenvalue weighted by Gasteiger charge is 2.26. The molecule has 0 amide bonds. The number of benzene rings is 1. The molecule has 0 aliphatic rings. The SMILES string of the molecule is CC/C(C)=N\Oc1nc(N)nc(Nc2ccccc2SCCC(F)(F)F)n1. The summed E-state index contributed by atoms with van der Waals surface area (Å²) in [5, 5.41) is 6.78. The van der Waals surface area contributed by atoms with E-state index in [-0.39, 0.29) is 23.7 Å². The Hall–Kier alpha value is -2.56. The first-order chi connectivity index (χ1) is 12.8. The zero-order valence-electron chi connectivity index (χ0n) is 14.7. The van der Waals surface area contributed by atoms with Gasteiger partial charge in [0.2, 0.25) is 11.9 Å². The van der Waals surface area contributed by atoms with Gasteiger partial charge >= 0.3 is 12.2 Å². The van der Waals surface area contributed by atoms with Crippen LogP contribution in [0.2, 0.25) is 0 Å². The number of para-hydroxylation sites is 1. The molecule has 27 heavy (non-hydrogen) atoms. The number of hydrogen-bond donors (Lipinski definition) is 2. The lowest BCUT2D eigenvalue weighted by molar-refractivity contribution is -0.129. The van der Waals surface area contributed by atoms with E-state index in [0.717, 1.165) is 17.5 Å². The smallest absolute Gasteiger partial charge is 0.368 e. The summed E-state index contributed by atoms with van der Waals surface area (Å²) in [4.78, 5) is 17.6. The molecule has 0 fully saturated rings. The summed E-state index contributed by atoms with van der Waals surface area (Å²) in [5.41, 5.74) is 6.95. The lowest BCUT2D eigenvalue weighted by Crippen LogP contribution is -2.08. The number of hydrogen-bond acceptors (Lipinski definition) is 8. The first-order valence-corrected chi connectivity index (χ1v) is 9.03. The van der Waals surface area contributed by atoms with Gasteiger partial charge in [-0.3, -0.25) is 0 Å². The predicted molar refractivity (Wildman–Crippen MR) is 99.4 cm³/mol. The predicted octanol–water partition coefficient (Wildman–Crippen LogP) is 4.41. The van der Waals surface area contributed by atoms with Gasteiger partial charge in [0.1, 0.15) is 0 Å². The molecule has 0 saturated carbocycles. The van der Waals surface area contributed by atoms with Crippen molar-refractivity contribution in [2.75, 3.05) is 16.8 Å². The zero-order chi connectivity index (χ0) is 19.9. The fourth-order valence-corrected chi connectivity index (χ4v) is 2.75. The number of nitrogens with one attached hydrogen (secondary N) is 1. The summed E-state index contributed by atoms with van der Waals surface area (Å²) in [6.07, 6.45) is -4.37. The van der Waals surface area contributed by atoms with Crippen LogP contribution in [0, 0.1) is 0 Å². The largest absolute Gasteiger partial charge is 0.389 e. The summed E-state index contributed by atoms with van der Waals surface area (Å²) in [6, 6.07) is 6.81. The van der Waals surface area contributed by atoms with Crippen LogP contribution in [0.3, 0.4) is 0 Å². The number of nitrogen functional groups attached to an aromatic ring is 1. The number of halogens is 3. The van der Waals surface area contributed by atoms with E-state index in [4.69, 9.17) is 10.6 Å². The highest BCUT2D eigenvalue weighted by Crippen LogP contribution is 2.32. The van der Waals surface area contributed by atoms with E-state index in [1.807, 2.05) is 6.92 Å². The number of aromatic nitrogens is 3. The van der Waals surface area contributed by atoms with E-state index in [9.17, 15) is 13.2 Å². The molecular weight excluding hydrogens is 381 g/mol. The molecular formula is C16H19F3N6OS. The molecule has 7 nitrogen and oxygen atoms in total. The number of oxime groups is 1. The van der Waals surface area contributed by atoms with Crippen LogP contribution in [0.1, 0.15) is 26.7 Å². The lowest BCUT2D eigenvalue weighted by atomic mass is 10.3. The Morgan fingerprint density at radius 2 is 2.00 bits per heavy atom. The molecule has 0 radical (unpaired) electrons. The van der Waals surface area contributed by atoms with Crippen molar-refractivity contribution in [2.45, 2.75) is 37.8 Å². The van der Waals surface area contributed by atoms with Gasteiger partial charge in [0.05, 0.1) is 17.8 Å². The molecule has 2 rings (SSSR count). The number of anilines is 3. The fraction of sp³-hybridized carbons (Fsp3) is 0.375. The summed E-state index contributed by atoms with van der Waals surface area (Å²) in [6.45, 7) is 3.71. The minimum absolute atomic E-state index is 0.0749. The Morgan fingerprint density at radius 1 is 1.26 bits per heavy atom. The molecule has 0 atom stereocenters. The molecule has 0 unspecified atom stereocenters. The lowest BCUT2D eigenvalue weighted by Gasteiger charge is -2.11. The van der Waals surface area contributed by atoms with Crippen molar-refractivity contribution in [1.82, 2.24) is 15.0 Å². The average Bonchev–Trinajstić information content (AvgIpc) is 2.59. The van der Waals surface area contributed by atoms with Crippen LogP contribution in [-0.4, -0.2) is 32.6 Å². The summed E-state index contributed by atoms with van der Waals surface area (Å²) in [7, 11) is 0. The molecule has 11 heteroatoms. The van der Waals surface area contributed by atoms with Crippen LogP contribution in [0.5, 0.6) is 6.01 Å². The second kappa shape index (κ2) is 9.40. The van der Waals surface area contributed by atoms with E-state index in [1.165, 1.54) is 0 Å². The fourth-order valence-electron chi connectivity index (χ4n) is 1.75. The molecule has 146 valence electrons. The van der Waals surface area contributed by atoms with Gasteiger partial charge < -0.3 is 15.9 Å². The number of thioether (sulfide) groups is 1. The normalized spacial score (nSPS) is 12.1. The van der Waals surface area contributed by atoms with Gasteiger partial charge in [0, 0.05) is 10.6 Å². The summed E-state index contributed by atoms with van der Waals surface area (Å²) in [5.74, 6) is -0.0688. The quantitative estimate of drug-likeness (QED) is 0.385. The second-order valence-electron chi connectivity index (χ2n) is 5.41. The van der Waals surface area contributed by atoms with Crippen molar-refractivity contribution < 1.29 is 18.0 Å². The Labute approximate surface area is 158 Å². The summed E-state index contributed by atoms with van der Waals surface area (Å²) >= 11 is 1.08. The number of nitrogens with two attached hydrogens (primary N) is 1. The maximum absolute atomic E-state index is 12.4. The van der Waals surface area contributed by atoms with Crippen molar-refractivity contribution in [3.63, 3.8) is 0 Å². The first kappa shape index (κ1) is 20.7. The van der Waals surface area contributed by atoms with E-state index in [1.54, 1.807) is 31.2 Å². The molecule has 2 aromatic rings. The minimum Gasteiger partial charge on any atom is -0.368 e. The topological polar surface area (TPSA) is 98.3 Å². The third kappa shape index (κ3) is 7.29. The van der Waals surface area contributed by atoms with Crippen molar-refractivity contribution in [3.8, 4) is 6.01 Å². The van der Waals surface area contributed by atoms with E-state index < -0.39 is 12.6 Å². The van der Waals surface area contributed by atoms with E-state index in [0.29, 0.717) is 17.0 Å². The highest BCUT2D eigenvalue weighted by atomic mass is 32.2. The Morgan fingerprint density at radius 3 is 2.70 bits per heavy atom. The third-order valence-electron chi connectivity index (χ3n) is 3.20. The Balaban J connectivity index is 2.13. The summed E-state index contributed by atoms with van der Waals surface area (Å²) < 4.78 is 37.1. The van der Waals surface area contributed by atoms with Crippen molar-refractivity contribution >= 4 is 35.1 Å². The number of alkyl halides is 3. The van der Waals surface area contributed by atoms with E-state index in [2.05, 4.69) is 25.4 Å². The van der Waals surface area contributed by atoms with Crippen LogP contribution < -0.4 is 15.9 Å². The molecule has 0 aliphatic heterocycles. The van der Waals surface area contributed by atoms with Crippen molar-refractivity contribution in [1.29, 1.82) is 0 Å². The molecule has 0 bridgehead atoms. The third-order valence-corrected chi connectivity index (χ3v) is 4.28. The molecule has 3 N–H and O–H groups in total. The van der Waals surface area contributed by atoms with Crippen LogP contribution in [0.4, 0.5) is 30.8 Å². The monoisotopic (exact) mass is 400 g/mol. The molecule has 0 spiro atoms. The number of rotatable bonds is 8. The molecule has 1 aromatic carbocycles. The van der Waals surface area contributed by atoms with Gasteiger partial charge in [-0.1, -0.05) is 24.2 Å². The zero-order valence-corrected chi connectivity index (χ0v) is 15.6. The van der Waals surface area contributed by atoms with Gasteiger partial charge in [-0.2, -0.15) is 28.1 Å². The van der Waals surface area contributed by atoms with Gasteiger partial charge in [-0.05, 0) is 25.5 Å². The van der Waals surface area contributed by atoms with Crippen LogP contribution in [0.15, 0.2) is 34.3 Å². The maximum atomic E-state index is 12.4. The number of nitrogens with zero attached hydrogens (tertiary/aromatic N) is 4. The van der Waals surface area contributed by atoms with Crippen molar-refractivity contribution in [3.05, 3.63) is 24.3 Å². The van der Waals surface area contributed by atoms with Crippen LogP contribution in [-0.2, 0) is 0 Å². The average molecular weight is 400 g/mol. The minimum atomic E-state index is -4.19.